The van der Waals surface area contributed by atoms with Crippen LogP contribution in [0, 0.1) is 12.8 Å². The Morgan fingerprint density at radius 1 is 1.45 bits per heavy atom. The third-order valence-electron chi connectivity index (χ3n) is 3.60. The highest BCUT2D eigenvalue weighted by atomic mass is 32.2. The first-order valence-corrected chi connectivity index (χ1v) is 8.36. The summed E-state index contributed by atoms with van der Waals surface area (Å²) in [7, 11) is 0. The minimum atomic E-state index is 0.327. The van der Waals surface area contributed by atoms with Crippen LogP contribution in [0.3, 0.4) is 0 Å². The van der Waals surface area contributed by atoms with Crippen LogP contribution in [-0.4, -0.2) is 43.0 Å². The molecular weight excluding hydrogens is 268 g/mol. The van der Waals surface area contributed by atoms with E-state index in [1.807, 2.05) is 23.9 Å². The first kappa shape index (κ1) is 15.7. The highest BCUT2D eigenvalue weighted by molar-refractivity contribution is 7.99. The van der Waals surface area contributed by atoms with Crippen molar-refractivity contribution in [3.63, 3.8) is 0 Å². The Hall–Kier alpha value is -0.710. The number of nitrogens with two attached hydrogens (primary N) is 1. The zero-order valence-electron chi connectivity index (χ0n) is 12.8. The Bertz CT molecular complexity index is 436. The molecule has 1 heterocycles. The lowest BCUT2D eigenvalue weighted by molar-refractivity contribution is -0.0191. The number of ether oxygens (including phenoxy) is 1. The Morgan fingerprint density at radius 2 is 2.25 bits per heavy atom. The highest BCUT2D eigenvalue weighted by Gasteiger charge is 2.21. The Balaban J connectivity index is 1.85. The van der Waals surface area contributed by atoms with Gasteiger partial charge in [-0.1, -0.05) is 19.9 Å². The molecule has 1 unspecified atom stereocenters. The number of benzene rings is 1. The number of thioether (sulfide) groups is 1. The van der Waals surface area contributed by atoms with Crippen molar-refractivity contribution in [2.75, 3.05) is 37.7 Å². The third-order valence-corrected chi connectivity index (χ3v) is 4.89. The number of rotatable bonds is 5. The molecule has 3 nitrogen and oxygen atoms in total. The average molecular weight is 294 g/mol. The lowest BCUT2D eigenvalue weighted by Gasteiger charge is -2.33. The lowest BCUT2D eigenvalue weighted by Crippen LogP contribution is -2.44. The summed E-state index contributed by atoms with van der Waals surface area (Å²) in [6, 6.07) is 6.13. The second kappa shape index (κ2) is 7.34. The molecule has 1 aromatic rings. The minimum Gasteiger partial charge on any atom is -0.398 e. The molecule has 2 rings (SSSR count). The second-order valence-electron chi connectivity index (χ2n) is 5.93. The van der Waals surface area contributed by atoms with Crippen molar-refractivity contribution in [3.8, 4) is 0 Å². The Morgan fingerprint density at radius 3 is 3.00 bits per heavy atom. The van der Waals surface area contributed by atoms with E-state index in [4.69, 9.17) is 10.5 Å². The summed E-state index contributed by atoms with van der Waals surface area (Å²) in [5.74, 6) is 1.72. The number of morpholine rings is 1. The molecule has 0 saturated carbocycles. The highest BCUT2D eigenvalue weighted by Crippen LogP contribution is 2.27. The van der Waals surface area contributed by atoms with Crippen molar-refractivity contribution in [3.05, 3.63) is 23.8 Å². The van der Waals surface area contributed by atoms with Crippen molar-refractivity contribution in [2.45, 2.75) is 31.8 Å². The van der Waals surface area contributed by atoms with Gasteiger partial charge in [-0.15, -0.1) is 11.8 Å². The molecule has 0 radical (unpaired) electrons. The van der Waals surface area contributed by atoms with Gasteiger partial charge in [-0.2, -0.15) is 0 Å². The fraction of sp³-hybridized carbons (Fsp3) is 0.625. The third kappa shape index (κ3) is 4.40. The zero-order valence-corrected chi connectivity index (χ0v) is 13.6. The fourth-order valence-electron chi connectivity index (χ4n) is 2.53. The molecule has 1 saturated heterocycles. The van der Waals surface area contributed by atoms with Crippen molar-refractivity contribution in [1.82, 2.24) is 4.90 Å². The van der Waals surface area contributed by atoms with Crippen molar-refractivity contribution < 1.29 is 4.74 Å². The quantitative estimate of drug-likeness (QED) is 0.669. The SMILES string of the molecule is Cc1c(N)cccc1SCC1CN(CC(C)C)CCO1. The van der Waals surface area contributed by atoms with E-state index >= 15 is 0 Å². The van der Waals surface area contributed by atoms with E-state index in [1.165, 1.54) is 17.0 Å². The second-order valence-corrected chi connectivity index (χ2v) is 6.99. The Labute approximate surface area is 126 Å². The van der Waals surface area contributed by atoms with Crippen LogP contribution in [-0.2, 0) is 4.74 Å². The monoisotopic (exact) mass is 294 g/mol. The van der Waals surface area contributed by atoms with E-state index in [9.17, 15) is 0 Å². The maximum Gasteiger partial charge on any atom is 0.0796 e. The summed E-state index contributed by atoms with van der Waals surface area (Å²) in [4.78, 5) is 3.79. The van der Waals surface area contributed by atoms with Crippen LogP contribution < -0.4 is 5.73 Å². The largest absolute Gasteiger partial charge is 0.398 e. The van der Waals surface area contributed by atoms with E-state index < -0.39 is 0 Å². The molecule has 1 fully saturated rings. The normalized spacial score (nSPS) is 20.5. The molecule has 0 spiro atoms. The van der Waals surface area contributed by atoms with Crippen LogP contribution in [0.4, 0.5) is 5.69 Å². The number of nitrogen functional groups attached to an aromatic ring is 1. The molecule has 1 atom stereocenters. The summed E-state index contributed by atoms with van der Waals surface area (Å²) < 4.78 is 5.89. The molecule has 1 aliphatic heterocycles. The van der Waals surface area contributed by atoms with Crippen LogP contribution in [0.1, 0.15) is 19.4 Å². The first-order valence-electron chi connectivity index (χ1n) is 7.38. The maximum atomic E-state index is 5.95. The smallest absolute Gasteiger partial charge is 0.0796 e. The summed E-state index contributed by atoms with van der Waals surface area (Å²) in [5, 5.41) is 0. The van der Waals surface area contributed by atoms with Crippen LogP contribution in [0.15, 0.2) is 23.1 Å². The number of anilines is 1. The van der Waals surface area contributed by atoms with Crippen LogP contribution in [0.5, 0.6) is 0 Å². The topological polar surface area (TPSA) is 38.5 Å². The number of hydrogen-bond donors (Lipinski definition) is 1. The van der Waals surface area contributed by atoms with Crippen LogP contribution in [0.2, 0.25) is 0 Å². The van der Waals surface area contributed by atoms with Gasteiger partial charge >= 0.3 is 0 Å². The zero-order chi connectivity index (χ0) is 14.5. The van der Waals surface area contributed by atoms with Gasteiger partial charge in [0.1, 0.15) is 0 Å². The summed E-state index contributed by atoms with van der Waals surface area (Å²) in [5.41, 5.74) is 8.02. The number of nitrogens with zero attached hydrogens (tertiary/aromatic N) is 1. The van der Waals surface area contributed by atoms with E-state index in [-0.39, 0.29) is 0 Å². The summed E-state index contributed by atoms with van der Waals surface area (Å²) in [6.07, 6.45) is 0.327. The van der Waals surface area contributed by atoms with Gasteiger partial charge in [0.25, 0.3) is 0 Å². The molecule has 112 valence electrons. The molecule has 4 heteroatoms. The van der Waals surface area contributed by atoms with Gasteiger partial charge in [0.15, 0.2) is 0 Å². The van der Waals surface area contributed by atoms with Crippen molar-refractivity contribution in [1.29, 1.82) is 0 Å². The van der Waals surface area contributed by atoms with Gasteiger partial charge < -0.3 is 10.5 Å². The molecular formula is C16H26N2OS. The van der Waals surface area contributed by atoms with E-state index in [1.54, 1.807) is 0 Å². The maximum absolute atomic E-state index is 5.95. The van der Waals surface area contributed by atoms with Crippen LogP contribution in [0.25, 0.3) is 0 Å². The molecule has 0 bridgehead atoms. The lowest BCUT2D eigenvalue weighted by atomic mass is 10.2. The molecule has 2 N–H and O–H groups in total. The van der Waals surface area contributed by atoms with Gasteiger partial charge in [0.05, 0.1) is 12.7 Å². The molecule has 0 amide bonds. The van der Waals surface area contributed by atoms with E-state index in [2.05, 4.69) is 31.7 Å². The minimum absolute atomic E-state index is 0.327. The van der Waals surface area contributed by atoms with Crippen LogP contribution >= 0.6 is 11.8 Å². The van der Waals surface area contributed by atoms with E-state index in [0.717, 1.165) is 37.1 Å². The first-order chi connectivity index (χ1) is 9.56. The van der Waals surface area contributed by atoms with Gasteiger partial charge in [-0.3, -0.25) is 4.90 Å². The molecule has 20 heavy (non-hydrogen) atoms. The molecule has 0 aliphatic carbocycles. The summed E-state index contributed by atoms with van der Waals surface area (Å²) >= 11 is 1.86. The number of hydrogen-bond acceptors (Lipinski definition) is 4. The van der Waals surface area contributed by atoms with E-state index in [0.29, 0.717) is 6.10 Å². The fourth-order valence-corrected chi connectivity index (χ4v) is 3.61. The van der Waals surface area contributed by atoms with Gasteiger partial charge in [0.2, 0.25) is 0 Å². The predicted octanol–water partition coefficient (Wildman–Crippen LogP) is 3.03. The molecule has 1 aliphatic rings. The van der Waals surface area contributed by atoms with Gasteiger partial charge in [0, 0.05) is 36.0 Å². The standard InChI is InChI=1S/C16H26N2OS/c1-12(2)9-18-7-8-19-14(10-18)11-20-16-6-4-5-15(17)13(16)3/h4-6,12,14H,7-11,17H2,1-3H3. The molecule has 1 aromatic carbocycles. The van der Waals surface area contributed by atoms with Crippen molar-refractivity contribution >= 4 is 17.4 Å². The Kier molecular flexibility index (Phi) is 5.75. The average Bonchev–Trinajstić information content (AvgIpc) is 2.40. The van der Waals surface area contributed by atoms with Gasteiger partial charge in [-0.25, -0.2) is 0 Å². The molecule has 0 aromatic heterocycles. The van der Waals surface area contributed by atoms with Gasteiger partial charge in [-0.05, 0) is 30.5 Å². The summed E-state index contributed by atoms with van der Waals surface area (Å²) in [6.45, 7) is 10.8. The predicted molar refractivity (Wildman–Crippen MR) is 87.3 cm³/mol. The van der Waals surface area contributed by atoms with Crippen molar-refractivity contribution in [2.24, 2.45) is 5.92 Å².